The van der Waals surface area contributed by atoms with Crippen molar-refractivity contribution in [2.24, 2.45) is 0 Å². The van der Waals surface area contributed by atoms with Gasteiger partial charge >= 0.3 is 18.1 Å². The average Bonchev–Trinajstić information content (AvgIpc) is 2.60. The number of nitrogens with zero attached hydrogens (tertiary/aromatic N) is 1. The Labute approximate surface area is 158 Å². The highest BCUT2D eigenvalue weighted by Crippen LogP contribution is 2.18. The highest BCUT2D eigenvalue weighted by molar-refractivity contribution is 5.89. The second kappa shape index (κ2) is 9.58. The molecule has 7 nitrogen and oxygen atoms in total. The van der Waals surface area contributed by atoms with E-state index < -0.39 is 18.1 Å². The van der Waals surface area contributed by atoms with Crippen LogP contribution < -0.4 is 10.1 Å². The quantitative estimate of drug-likeness (QED) is 0.703. The van der Waals surface area contributed by atoms with Crippen LogP contribution in [0.1, 0.15) is 27.2 Å². The third-order valence-corrected chi connectivity index (χ3v) is 3.34. The summed E-state index contributed by atoms with van der Waals surface area (Å²) in [5, 5.41) is 19.4. The van der Waals surface area contributed by atoms with E-state index >= 15 is 0 Å². The largest absolute Gasteiger partial charge is 0.490 e. The number of hydrogen-bond acceptors (Lipinski definition) is 5. The van der Waals surface area contributed by atoms with E-state index in [0.29, 0.717) is 12.4 Å². The van der Waals surface area contributed by atoms with E-state index in [0.717, 1.165) is 22.5 Å². The van der Waals surface area contributed by atoms with E-state index in [2.05, 4.69) is 10.3 Å². The van der Waals surface area contributed by atoms with Crippen molar-refractivity contribution in [1.82, 2.24) is 4.98 Å². The van der Waals surface area contributed by atoms with Gasteiger partial charge < -0.3 is 20.3 Å². The van der Waals surface area contributed by atoms with Crippen LogP contribution in [0.15, 0.2) is 30.3 Å². The van der Waals surface area contributed by atoms with E-state index in [4.69, 9.17) is 19.7 Å². The van der Waals surface area contributed by atoms with Crippen LogP contribution in [0.4, 0.5) is 18.9 Å². The van der Waals surface area contributed by atoms with Gasteiger partial charge in [0.05, 0.1) is 24.9 Å². The van der Waals surface area contributed by atoms with Crippen LogP contribution in [-0.2, 0) is 11.3 Å². The van der Waals surface area contributed by atoms with Crippen LogP contribution in [-0.4, -0.2) is 40.4 Å². The maximum Gasteiger partial charge on any atom is 0.490 e. The first kappa shape index (κ1) is 22.7. The van der Waals surface area contributed by atoms with Gasteiger partial charge in [-0.2, -0.15) is 13.2 Å². The lowest BCUT2D eigenvalue weighted by Crippen LogP contribution is -2.21. The highest BCUT2D eigenvalue weighted by Gasteiger charge is 2.38. The smallest absolute Gasteiger partial charge is 0.481 e. The number of aryl methyl sites for hydroxylation is 2. The van der Waals surface area contributed by atoms with Gasteiger partial charge in [-0.05, 0) is 43.7 Å². The van der Waals surface area contributed by atoms with Crippen LogP contribution in [0.5, 0.6) is 5.88 Å². The second-order valence-corrected chi connectivity index (χ2v) is 5.68. The molecule has 0 saturated carbocycles. The molecule has 0 radical (unpaired) electrons. The number of hydrogen-bond donors (Lipinski definition) is 3. The summed E-state index contributed by atoms with van der Waals surface area (Å²) in [4.78, 5) is 24.3. The molecule has 1 aromatic heterocycles. The van der Waals surface area contributed by atoms with Gasteiger partial charge in [-0.1, -0.05) is 6.07 Å². The first-order valence-corrected chi connectivity index (χ1v) is 7.83. The summed E-state index contributed by atoms with van der Waals surface area (Å²) in [6, 6.07) is 9.01. The van der Waals surface area contributed by atoms with Crippen LogP contribution in [0, 0.1) is 13.8 Å². The van der Waals surface area contributed by atoms with E-state index in [9.17, 15) is 18.0 Å². The van der Waals surface area contributed by atoms with Crippen molar-refractivity contribution in [1.29, 1.82) is 0 Å². The summed E-state index contributed by atoms with van der Waals surface area (Å²) in [6.45, 7) is 4.30. The number of halogens is 3. The fourth-order valence-electron chi connectivity index (χ4n) is 2.05. The lowest BCUT2D eigenvalue weighted by molar-refractivity contribution is -0.192. The molecule has 1 heterocycles. The van der Waals surface area contributed by atoms with Crippen LogP contribution in [0.25, 0.3) is 0 Å². The Morgan fingerprint density at radius 2 is 1.75 bits per heavy atom. The van der Waals surface area contributed by atoms with Gasteiger partial charge in [-0.25, -0.2) is 14.6 Å². The van der Waals surface area contributed by atoms with Gasteiger partial charge in [-0.15, -0.1) is 0 Å². The molecule has 0 spiro atoms. The Morgan fingerprint density at radius 3 is 2.25 bits per heavy atom. The number of carboxylic acid groups (broad SMARTS) is 2. The molecule has 0 fully saturated rings. The molecular formula is C18H19F3N2O5. The molecule has 3 N–H and O–H groups in total. The summed E-state index contributed by atoms with van der Waals surface area (Å²) in [5.74, 6) is -3.09. The average molecular weight is 400 g/mol. The monoisotopic (exact) mass is 400 g/mol. The second-order valence-electron chi connectivity index (χ2n) is 5.68. The SMILES string of the molecule is COc1nc(CNc2cc(C)cc(C(=O)O)c2)ccc1C.O=C(O)C(F)(F)F. The normalized spacial score (nSPS) is 10.5. The zero-order chi connectivity index (χ0) is 21.5. The molecule has 10 heteroatoms. The first-order valence-electron chi connectivity index (χ1n) is 7.83. The number of aromatic carboxylic acids is 1. The number of methoxy groups -OCH3 is 1. The van der Waals surface area contributed by atoms with Crippen molar-refractivity contribution in [2.45, 2.75) is 26.6 Å². The predicted molar refractivity (Wildman–Crippen MR) is 94.7 cm³/mol. The number of anilines is 1. The molecule has 0 unspecified atom stereocenters. The molecule has 2 rings (SSSR count). The minimum Gasteiger partial charge on any atom is -0.481 e. The van der Waals surface area contributed by atoms with E-state index in [1.165, 1.54) is 0 Å². The Morgan fingerprint density at radius 1 is 1.14 bits per heavy atom. The Kier molecular flexibility index (Phi) is 7.78. The molecule has 152 valence electrons. The van der Waals surface area contributed by atoms with E-state index in [1.54, 1.807) is 19.2 Å². The van der Waals surface area contributed by atoms with Crippen molar-refractivity contribution in [3.05, 3.63) is 52.7 Å². The van der Waals surface area contributed by atoms with Crippen molar-refractivity contribution >= 4 is 17.6 Å². The minimum absolute atomic E-state index is 0.270. The standard InChI is InChI=1S/C16H18N2O3.C2HF3O2/c1-10-6-12(16(19)20)8-14(7-10)17-9-13-5-4-11(2)15(18-13)21-3;3-2(4,5)1(6)7/h4-8,17H,9H2,1-3H3,(H,19,20);(H,6,7). The maximum absolute atomic E-state index is 11.0. The van der Waals surface area contributed by atoms with E-state index in [1.807, 2.05) is 32.0 Å². The van der Waals surface area contributed by atoms with Gasteiger partial charge in [0.2, 0.25) is 5.88 Å². The Bertz CT molecular complexity index is 854. The van der Waals surface area contributed by atoms with E-state index in [-0.39, 0.29) is 5.56 Å². The third-order valence-electron chi connectivity index (χ3n) is 3.34. The van der Waals surface area contributed by atoms with Gasteiger partial charge in [0, 0.05) is 11.3 Å². The number of aromatic nitrogens is 1. The maximum atomic E-state index is 11.0. The Hall–Kier alpha value is -3.30. The van der Waals surface area contributed by atoms with Crippen LogP contribution >= 0.6 is 0 Å². The van der Waals surface area contributed by atoms with Crippen molar-refractivity contribution in [3.63, 3.8) is 0 Å². The third kappa shape index (κ3) is 7.14. The van der Waals surface area contributed by atoms with Gasteiger partial charge in [0.25, 0.3) is 0 Å². The summed E-state index contributed by atoms with van der Waals surface area (Å²) in [5.41, 5.74) is 3.73. The van der Waals surface area contributed by atoms with Crippen molar-refractivity contribution < 1.29 is 37.7 Å². The van der Waals surface area contributed by atoms with Gasteiger partial charge in [0.1, 0.15) is 0 Å². The topological polar surface area (TPSA) is 109 Å². The number of nitrogens with one attached hydrogen (secondary N) is 1. The fraction of sp³-hybridized carbons (Fsp3) is 0.278. The van der Waals surface area contributed by atoms with Crippen LogP contribution in [0.3, 0.4) is 0 Å². The number of carboxylic acids is 2. The highest BCUT2D eigenvalue weighted by atomic mass is 19.4. The lowest BCUT2D eigenvalue weighted by atomic mass is 10.1. The number of pyridine rings is 1. The van der Waals surface area contributed by atoms with Crippen LogP contribution in [0.2, 0.25) is 0 Å². The molecule has 0 saturated heterocycles. The van der Waals surface area contributed by atoms with Crippen molar-refractivity contribution in [2.75, 3.05) is 12.4 Å². The molecule has 2 aromatic rings. The molecule has 0 aliphatic heterocycles. The molecule has 0 amide bonds. The summed E-state index contributed by atoms with van der Waals surface area (Å²) < 4.78 is 36.9. The minimum atomic E-state index is -5.08. The zero-order valence-corrected chi connectivity index (χ0v) is 15.3. The Balaban J connectivity index is 0.000000480. The molecule has 1 aromatic carbocycles. The number of benzene rings is 1. The molecule has 0 atom stereocenters. The van der Waals surface area contributed by atoms with Gasteiger partial charge in [0.15, 0.2) is 0 Å². The number of alkyl halides is 3. The number of rotatable bonds is 5. The number of carbonyl (C=O) groups is 2. The predicted octanol–water partition coefficient (Wildman–Crippen LogP) is 3.65. The summed E-state index contributed by atoms with van der Waals surface area (Å²) in [6.07, 6.45) is -5.08. The molecule has 0 aliphatic carbocycles. The summed E-state index contributed by atoms with van der Waals surface area (Å²) in [7, 11) is 1.59. The number of aliphatic carboxylic acids is 1. The first-order chi connectivity index (χ1) is 12.9. The zero-order valence-electron chi connectivity index (χ0n) is 15.3. The lowest BCUT2D eigenvalue weighted by Gasteiger charge is -2.10. The molecule has 0 bridgehead atoms. The summed E-state index contributed by atoms with van der Waals surface area (Å²) >= 11 is 0. The molecule has 28 heavy (non-hydrogen) atoms. The number of ether oxygens (including phenoxy) is 1. The molecular weight excluding hydrogens is 381 g/mol. The van der Waals surface area contributed by atoms with Crippen molar-refractivity contribution in [3.8, 4) is 5.88 Å². The fourth-order valence-corrected chi connectivity index (χ4v) is 2.05. The van der Waals surface area contributed by atoms with Gasteiger partial charge in [-0.3, -0.25) is 0 Å². The molecule has 0 aliphatic rings.